The standard InChI is InChI=1S/C15H23NO2/c1-13(9-5-8-12-18-3)14(2)15(17)16-10-6-4-7-11-16/h5,8-9,12H,4,6-7,10-11H2,1-3H3/b9-5-,12-8+,14-13+. The number of allylic oxidation sites excluding steroid dienone is 4. The second kappa shape index (κ2) is 7.75. The van der Waals surface area contributed by atoms with Gasteiger partial charge in [0.25, 0.3) is 0 Å². The molecule has 18 heavy (non-hydrogen) atoms. The van der Waals surface area contributed by atoms with Crippen molar-refractivity contribution in [2.45, 2.75) is 33.1 Å². The largest absolute Gasteiger partial charge is 0.504 e. The minimum absolute atomic E-state index is 0.174. The monoisotopic (exact) mass is 249 g/mol. The summed E-state index contributed by atoms with van der Waals surface area (Å²) in [6.45, 7) is 5.67. The van der Waals surface area contributed by atoms with E-state index in [2.05, 4.69) is 0 Å². The maximum absolute atomic E-state index is 12.2. The Hall–Kier alpha value is -1.51. The first-order valence-corrected chi connectivity index (χ1v) is 6.49. The zero-order valence-electron chi connectivity index (χ0n) is 11.6. The van der Waals surface area contributed by atoms with Gasteiger partial charge in [-0.05, 0) is 44.8 Å². The SMILES string of the molecule is CO/C=C/C=C\C(C)=C(/C)C(=O)N1CCCCC1. The van der Waals surface area contributed by atoms with Gasteiger partial charge in [-0.1, -0.05) is 12.2 Å². The number of piperidine rings is 1. The van der Waals surface area contributed by atoms with Crippen molar-refractivity contribution in [2.24, 2.45) is 0 Å². The molecule has 0 aromatic rings. The summed E-state index contributed by atoms with van der Waals surface area (Å²) in [6.07, 6.45) is 10.7. The molecule has 1 amide bonds. The lowest BCUT2D eigenvalue weighted by Gasteiger charge is -2.27. The number of methoxy groups -OCH3 is 1. The number of hydrogen-bond donors (Lipinski definition) is 0. The number of likely N-dealkylation sites (tertiary alicyclic amines) is 1. The number of ether oxygens (including phenoxy) is 1. The Labute approximate surface area is 110 Å². The molecule has 0 unspecified atom stereocenters. The second-order valence-corrected chi connectivity index (χ2v) is 4.58. The Kier molecular flexibility index (Phi) is 6.26. The van der Waals surface area contributed by atoms with Crippen molar-refractivity contribution in [3.8, 4) is 0 Å². The van der Waals surface area contributed by atoms with Gasteiger partial charge in [-0.3, -0.25) is 4.79 Å². The minimum Gasteiger partial charge on any atom is -0.504 e. The molecular formula is C15H23NO2. The third-order valence-electron chi connectivity index (χ3n) is 3.23. The third-order valence-corrected chi connectivity index (χ3v) is 3.23. The van der Waals surface area contributed by atoms with E-state index in [1.165, 1.54) is 6.42 Å². The topological polar surface area (TPSA) is 29.5 Å². The van der Waals surface area contributed by atoms with Gasteiger partial charge in [-0.15, -0.1) is 0 Å². The number of carbonyl (C=O) groups is 1. The predicted molar refractivity (Wildman–Crippen MR) is 74.1 cm³/mol. The minimum atomic E-state index is 0.174. The molecule has 1 aliphatic heterocycles. The fourth-order valence-corrected chi connectivity index (χ4v) is 1.95. The molecule has 1 fully saturated rings. The van der Waals surface area contributed by atoms with Crippen LogP contribution in [-0.2, 0) is 9.53 Å². The van der Waals surface area contributed by atoms with Gasteiger partial charge < -0.3 is 9.64 Å². The van der Waals surface area contributed by atoms with Crippen LogP contribution < -0.4 is 0 Å². The Bertz CT molecular complexity index is 361. The molecule has 1 aliphatic rings. The highest BCUT2D eigenvalue weighted by Crippen LogP contribution is 2.14. The highest BCUT2D eigenvalue weighted by atomic mass is 16.5. The Balaban J connectivity index is 2.64. The lowest BCUT2D eigenvalue weighted by Crippen LogP contribution is -2.36. The van der Waals surface area contributed by atoms with E-state index in [4.69, 9.17) is 4.74 Å². The first kappa shape index (κ1) is 14.6. The molecule has 1 heterocycles. The summed E-state index contributed by atoms with van der Waals surface area (Å²) in [4.78, 5) is 14.2. The van der Waals surface area contributed by atoms with Crippen LogP contribution in [0.4, 0.5) is 0 Å². The van der Waals surface area contributed by atoms with E-state index in [-0.39, 0.29) is 5.91 Å². The van der Waals surface area contributed by atoms with Gasteiger partial charge in [0.2, 0.25) is 5.91 Å². The molecule has 0 radical (unpaired) electrons. The Morgan fingerprint density at radius 2 is 1.78 bits per heavy atom. The molecule has 0 spiro atoms. The van der Waals surface area contributed by atoms with Gasteiger partial charge >= 0.3 is 0 Å². The van der Waals surface area contributed by atoms with Crippen LogP contribution in [-0.4, -0.2) is 31.0 Å². The summed E-state index contributed by atoms with van der Waals surface area (Å²) < 4.78 is 4.80. The van der Waals surface area contributed by atoms with Crippen LogP contribution >= 0.6 is 0 Å². The molecule has 1 saturated heterocycles. The quantitative estimate of drug-likeness (QED) is 0.435. The fraction of sp³-hybridized carbons (Fsp3) is 0.533. The normalized spacial score (nSPS) is 18.3. The maximum Gasteiger partial charge on any atom is 0.249 e. The van der Waals surface area contributed by atoms with E-state index in [0.717, 1.165) is 37.1 Å². The molecule has 100 valence electrons. The van der Waals surface area contributed by atoms with Gasteiger partial charge in [0.05, 0.1) is 13.4 Å². The van der Waals surface area contributed by atoms with Gasteiger partial charge in [-0.25, -0.2) is 0 Å². The maximum atomic E-state index is 12.2. The molecule has 3 heteroatoms. The average Bonchev–Trinajstić information content (AvgIpc) is 2.42. The van der Waals surface area contributed by atoms with E-state index in [1.54, 1.807) is 13.4 Å². The molecule has 0 aromatic heterocycles. The van der Waals surface area contributed by atoms with Crippen LogP contribution in [0.1, 0.15) is 33.1 Å². The van der Waals surface area contributed by atoms with Crippen LogP contribution in [0.15, 0.2) is 35.6 Å². The molecule has 3 nitrogen and oxygen atoms in total. The number of carbonyl (C=O) groups excluding carboxylic acids is 1. The number of rotatable bonds is 4. The molecule has 0 bridgehead atoms. The van der Waals surface area contributed by atoms with Crippen LogP contribution in [0.25, 0.3) is 0 Å². The zero-order chi connectivity index (χ0) is 13.4. The average molecular weight is 249 g/mol. The summed E-state index contributed by atoms with van der Waals surface area (Å²) in [5.41, 5.74) is 1.84. The number of amides is 1. The van der Waals surface area contributed by atoms with E-state index in [1.807, 2.05) is 37.0 Å². The Morgan fingerprint density at radius 1 is 1.11 bits per heavy atom. The van der Waals surface area contributed by atoms with Gasteiger partial charge in [0, 0.05) is 18.7 Å². The number of hydrogen-bond acceptors (Lipinski definition) is 2. The van der Waals surface area contributed by atoms with Crippen molar-refractivity contribution >= 4 is 5.91 Å². The summed E-state index contributed by atoms with van der Waals surface area (Å²) >= 11 is 0. The zero-order valence-corrected chi connectivity index (χ0v) is 11.6. The summed E-state index contributed by atoms with van der Waals surface area (Å²) in [7, 11) is 1.61. The molecule has 1 rings (SSSR count). The first-order chi connectivity index (χ1) is 8.66. The molecule has 0 aromatic carbocycles. The lowest BCUT2D eigenvalue weighted by molar-refractivity contribution is -0.127. The van der Waals surface area contributed by atoms with Crippen molar-refractivity contribution in [1.29, 1.82) is 0 Å². The Morgan fingerprint density at radius 3 is 2.39 bits per heavy atom. The van der Waals surface area contributed by atoms with Crippen molar-refractivity contribution < 1.29 is 9.53 Å². The van der Waals surface area contributed by atoms with E-state index in [0.29, 0.717) is 0 Å². The second-order valence-electron chi connectivity index (χ2n) is 4.58. The highest BCUT2D eigenvalue weighted by Gasteiger charge is 2.18. The summed E-state index contributed by atoms with van der Waals surface area (Å²) in [5.74, 6) is 0.174. The smallest absolute Gasteiger partial charge is 0.249 e. The summed E-state index contributed by atoms with van der Waals surface area (Å²) in [6, 6.07) is 0. The molecule has 0 N–H and O–H groups in total. The van der Waals surface area contributed by atoms with Gasteiger partial charge in [0.1, 0.15) is 0 Å². The third kappa shape index (κ3) is 4.40. The predicted octanol–water partition coefficient (Wildman–Crippen LogP) is 3.05. The van der Waals surface area contributed by atoms with E-state index in [9.17, 15) is 4.79 Å². The van der Waals surface area contributed by atoms with Crippen molar-refractivity contribution in [1.82, 2.24) is 4.90 Å². The number of nitrogens with zero attached hydrogens (tertiary/aromatic N) is 1. The van der Waals surface area contributed by atoms with E-state index < -0.39 is 0 Å². The van der Waals surface area contributed by atoms with Crippen LogP contribution in [0.5, 0.6) is 0 Å². The fourth-order valence-electron chi connectivity index (χ4n) is 1.95. The molecule has 0 saturated carbocycles. The van der Waals surface area contributed by atoms with E-state index >= 15 is 0 Å². The van der Waals surface area contributed by atoms with Crippen LogP contribution in [0.2, 0.25) is 0 Å². The van der Waals surface area contributed by atoms with Gasteiger partial charge in [-0.2, -0.15) is 0 Å². The summed E-state index contributed by atoms with van der Waals surface area (Å²) in [5, 5.41) is 0. The lowest BCUT2D eigenvalue weighted by atomic mass is 10.1. The molecule has 0 aliphatic carbocycles. The van der Waals surface area contributed by atoms with Crippen molar-refractivity contribution in [3.05, 3.63) is 35.6 Å². The van der Waals surface area contributed by atoms with Crippen LogP contribution in [0, 0.1) is 0 Å². The van der Waals surface area contributed by atoms with Crippen LogP contribution in [0.3, 0.4) is 0 Å². The van der Waals surface area contributed by atoms with Crippen molar-refractivity contribution in [2.75, 3.05) is 20.2 Å². The highest BCUT2D eigenvalue weighted by molar-refractivity contribution is 5.94. The first-order valence-electron chi connectivity index (χ1n) is 6.49. The van der Waals surface area contributed by atoms with Crippen molar-refractivity contribution in [3.63, 3.8) is 0 Å². The molecule has 0 atom stereocenters. The van der Waals surface area contributed by atoms with Gasteiger partial charge in [0.15, 0.2) is 0 Å². The molecular weight excluding hydrogens is 226 g/mol.